The lowest BCUT2D eigenvalue weighted by Gasteiger charge is -2.31. The molecule has 0 amide bonds. The van der Waals surface area contributed by atoms with Gasteiger partial charge in [0.05, 0.1) is 12.2 Å². The molecule has 0 unspecified atom stereocenters. The molecule has 0 saturated carbocycles. The van der Waals surface area contributed by atoms with Gasteiger partial charge in [0, 0.05) is 25.1 Å². The van der Waals surface area contributed by atoms with Gasteiger partial charge in [-0.25, -0.2) is 17.9 Å². The van der Waals surface area contributed by atoms with E-state index in [1.807, 2.05) is 44.2 Å². The monoisotopic (exact) mass is 413 g/mol. The van der Waals surface area contributed by atoms with E-state index in [1.54, 1.807) is 15.6 Å². The molecule has 158 valence electrons. The summed E-state index contributed by atoms with van der Waals surface area (Å²) >= 11 is 0. The molecule has 0 aliphatic carbocycles. The van der Waals surface area contributed by atoms with Crippen molar-refractivity contribution in [2.45, 2.75) is 45.6 Å². The van der Waals surface area contributed by atoms with Gasteiger partial charge in [-0.1, -0.05) is 35.9 Å². The molecule has 0 atom stereocenters. The number of hydrogen-bond acceptors (Lipinski definition) is 2. The molecule has 1 aliphatic rings. The van der Waals surface area contributed by atoms with Crippen LogP contribution in [0, 0.1) is 19.7 Å². The third kappa shape index (κ3) is 4.75. The number of hydrogen-bond donors (Lipinski definition) is 0. The Bertz CT molecular complexity index is 1040. The first-order valence-electron chi connectivity index (χ1n) is 10.3. The lowest BCUT2D eigenvalue weighted by atomic mass is 10.1. The largest absolute Gasteiger partial charge is 0.292 e. The minimum absolute atomic E-state index is 0.0644. The number of nitrogens with zero attached hydrogens (tertiary/aromatic N) is 3. The summed E-state index contributed by atoms with van der Waals surface area (Å²) in [6.07, 6.45) is 0.986. The lowest BCUT2D eigenvalue weighted by molar-refractivity contribution is -0.0663. The summed E-state index contributed by atoms with van der Waals surface area (Å²) in [4.78, 5) is 1.73. The average Bonchev–Trinajstić information content (AvgIpc) is 3.02. The van der Waals surface area contributed by atoms with Crippen LogP contribution in [0.15, 0.2) is 48.5 Å². The molecule has 30 heavy (non-hydrogen) atoms. The summed E-state index contributed by atoms with van der Waals surface area (Å²) in [7, 11) is 0. The van der Waals surface area contributed by atoms with Crippen molar-refractivity contribution >= 4 is 0 Å². The van der Waals surface area contributed by atoms with Gasteiger partial charge in [-0.2, -0.15) is 5.10 Å². The molecule has 4 rings (SSSR count). The average molecular weight is 413 g/mol. The van der Waals surface area contributed by atoms with Crippen molar-refractivity contribution in [3.8, 4) is 5.69 Å². The Morgan fingerprint density at radius 1 is 1.03 bits per heavy atom. The molecule has 1 fully saturated rings. The van der Waals surface area contributed by atoms with Crippen LogP contribution in [-0.4, -0.2) is 33.7 Å². The predicted octanol–water partition coefficient (Wildman–Crippen LogP) is 5.45. The van der Waals surface area contributed by atoms with E-state index >= 15 is 0 Å². The van der Waals surface area contributed by atoms with Crippen molar-refractivity contribution in [2.24, 2.45) is 0 Å². The van der Waals surface area contributed by atoms with Crippen molar-refractivity contribution in [3.05, 3.63) is 82.4 Å². The molecule has 0 N–H and O–H groups in total. The van der Waals surface area contributed by atoms with Crippen molar-refractivity contribution in [2.75, 3.05) is 13.1 Å². The number of halogens is 3. The highest BCUT2D eigenvalue weighted by Crippen LogP contribution is 2.28. The number of rotatable bonds is 5. The summed E-state index contributed by atoms with van der Waals surface area (Å²) in [5.74, 6) is -3.01. The van der Waals surface area contributed by atoms with Crippen LogP contribution in [0.4, 0.5) is 13.2 Å². The van der Waals surface area contributed by atoms with Crippen LogP contribution >= 0.6 is 0 Å². The SMILES string of the molecule is Cc1cccc(Cc2cc(CN3CCCC(F)(F)C3)nn2-c2ccc(C)cc2F)c1. The molecule has 0 bridgehead atoms. The number of benzene rings is 2. The first-order valence-corrected chi connectivity index (χ1v) is 10.3. The Morgan fingerprint density at radius 2 is 1.83 bits per heavy atom. The van der Waals surface area contributed by atoms with E-state index in [1.165, 1.54) is 6.07 Å². The fourth-order valence-electron chi connectivity index (χ4n) is 4.11. The Kier molecular flexibility index (Phi) is 5.69. The van der Waals surface area contributed by atoms with E-state index in [0.717, 1.165) is 22.4 Å². The zero-order valence-electron chi connectivity index (χ0n) is 17.3. The molecule has 6 heteroatoms. The van der Waals surface area contributed by atoms with Gasteiger partial charge in [0.2, 0.25) is 0 Å². The highest BCUT2D eigenvalue weighted by atomic mass is 19.3. The van der Waals surface area contributed by atoms with Gasteiger partial charge in [-0.15, -0.1) is 0 Å². The van der Waals surface area contributed by atoms with Crippen molar-refractivity contribution in [3.63, 3.8) is 0 Å². The van der Waals surface area contributed by atoms with Gasteiger partial charge in [0.25, 0.3) is 5.92 Å². The summed E-state index contributed by atoms with van der Waals surface area (Å²) in [6, 6.07) is 15.1. The van der Waals surface area contributed by atoms with E-state index in [0.29, 0.717) is 37.3 Å². The summed E-state index contributed by atoms with van der Waals surface area (Å²) in [5.41, 5.74) is 4.96. The fraction of sp³-hybridized carbons (Fsp3) is 0.375. The highest BCUT2D eigenvalue weighted by molar-refractivity contribution is 5.39. The van der Waals surface area contributed by atoms with E-state index < -0.39 is 5.92 Å². The Labute approximate surface area is 175 Å². The molecule has 2 heterocycles. The molecular weight excluding hydrogens is 387 g/mol. The third-order valence-corrected chi connectivity index (χ3v) is 5.49. The number of likely N-dealkylation sites (tertiary alicyclic amines) is 1. The number of alkyl halides is 2. The van der Waals surface area contributed by atoms with Crippen LogP contribution in [-0.2, 0) is 13.0 Å². The molecule has 3 aromatic rings. The molecule has 0 spiro atoms. The second-order valence-corrected chi connectivity index (χ2v) is 8.33. The maximum absolute atomic E-state index is 14.7. The van der Waals surface area contributed by atoms with Crippen LogP contribution in [0.3, 0.4) is 0 Å². The van der Waals surface area contributed by atoms with Crippen molar-refractivity contribution < 1.29 is 13.2 Å². The molecule has 2 aromatic carbocycles. The Balaban J connectivity index is 1.67. The van der Waals surface area contributed by atoms with E-state index in [9.17, 15) is 13.2 Å². The van der Waals surface area contributed by atoms with Gasteiger partial charge in [-0.3, -0.25) is 4.90 Å². The summed E-state index contributed by atoms with van der Waals surface area (Å²) in [5, 5.41) is 4.62. The quantitative estimate of drug-likeness (QED) is 0.555. The normalized spacial score (nSPS) is 16.7. The standard InChI is InChI=1S/C24H26F3N3/c1-17-5-3-6-19(11-17)13-21-14-20(15-29-10-4-9-24(26,27)16-29)28-30(21)23-8-7-18(2)12-22(23)25/h3,5-8,11-12,14H,4,9-10,13,15-16H2,1-2H3. The van der Waals surface area contributed by atoms with Crippen molar-refractivity contribution in [1.29, 1.82) is 0 Å². The highest BCUT2D eigenvalue weighted by Gasteiger charge is 2.35. The summed E-state index contributed by atoms with van der Waals surface area (Å²) < 4.78 is 43.9. The Morgan fingerprint density at radius 3 is 2.57 bits per heavy atom. The third-order valence-electron chi connectivity index (χ3n) is 5.49. The zero-order valence-corrected chi connectivity index (χ0v) is 17.3. The molecule has 1 saturated heterocycles. The minimum Gasteiger partial charge on any atom is -0.292 e. The molecular formula is C24H26F3N3. The summed E-state index contributed by atoms with van der Waals surface area (Å²) in [6.45, 7) is 4.56. The molecule has 3 nitrogen and oxygen atoms in total. The molecule has 1 aliphatic heterocycles. The second-order valence-electron chi connectivity index (χ2n) is 8.33. The number of piperidine rings is 1. The van der Waals surface area contributed by atoms with Gasteiger partial charge >= 0.3 is 0 Å². The van der Waals surface area contributed by atoms with Crippen LogP contribution in [0.5, 0.6) is 0 Å². The maximum atomic E-state index is 14.7. The van der Waals surface area contributed by atoms with Gasteiger partial charge in [0.15, 0.2) is 0 Å². The molecule has 1 aromatic heterocycles. The smallest absolute Gasteiger partial charge is 0.260 e. The first kappa shape index (κ1) is 20.7. The Hall–Kier alpha value is -2.60. The van der Waals surface area contributed by atoms with Crippen LogP contribution in [0.2, 0.25) is 0 Å². The molecule has 0 radical (unpaired) electrons. The van der Waals surface area contributed by atoms with E-state index in [-0.39, 0.29) is 18.8 Å². The van der Waals surface area contributed by atoms with Gasteiger partial charge in [-0.05, 0) is 56.1 Å². The van der Waals surface area contributed by atoms with Crippen LogP contribution in [0.25, 0.3) is 5.69 Å². The van der Waals surface area contributed by atoms with Gasteiger partial charge in [0.1, 0.15) is 11.5 Å². The first-order chi connectivity index (χ1) is 14.3. The van der Waals surface area contributed by atoms with Crippen molar-refractivity contribution in [1.82, 2.24) is 14.7 Å². The lowest BCUT2D eigenvalue weighted by Crippen LogP contribution is -2.42. The minimum atomic E-state index is -2.66. The number of aryl methyl sites for hydroxylation is 2. The number of aromatic nitrogens is 2. The maximum Gasteiger partial charge on any atom is 0.260 e. The van der Waals surface area contributed by atoms with E-state index in [2.05, 4.69) is 11.2 Å². The van der Waals surface area contributed by atoms with Gasteiger partial charge < -0.3 is 0 Å². The zero-order chi connectivity index (χ0) is 21.3. The van der Waals surface area contributed by atoms with Crippen LogP contribution in [0.1, 0.15) is 40.9 Å². The van der Waals surface area contributed by atoms with Crippen LogP contribution < -0.4 is 0 Å². The predicted molar refractivity (Wildman–Crippen MR) is 112 cm³/mol. The van der Waals surface area contributed by atoms with E-state index in [4.69, 9.17) is 0 Å². The fourth-order valence-corrected chi connectivity index (χ4v) is 4.11. The topological polar surface area (TPSA) is 21.1 Å². The second kappa shape index (κ2) is 8.26.